The Hall–Kier alpha value is -0.610. The Labute approximate surface area is 105 Å². The smallest absolute Gasteiger partial charge is 0.237 e. The molecule has 0 spiro atoms. The lowest BCUT2D eigenvalue weighted by Crippen LogP contribution is -2.48. The van der Waals surface area contributed by atoms with Crippen LogP contribution in [0.5, 0.6) is 0 Å². The summed E-state index contributed by atoms with van der Waals surface area (Å²) in [4.78, 5) is 14.2. The van der Waals surface area contributed by atoms with Crippen molar-refractivity contribution >= 4 is 5.91 Å². The van der Waals surface area contributed by atoms with Gasteiger partial charge in [0, 0.05) is 12.6 Å². The van der Waals surface area contributed by atoms with Crippen LogP contribution in [0, 0.1) is 0 Å². The highest BCUT2D eigenvalue weighted by atomic mass is 16.2. The van der Waals surface area contributed by atoms with E-state index >= 15 is 0 Å². The molecule has 2 atom stereocenters. The molecular formula is C13H27N3O. The fourth-order valence-corrected chi connectivity index (χ4v) is 2.37. The number of amides is 1. The van der Waals surface area contributed by atoms with Crippen LogP contribution in [-0.4, -0.2) is 42.5 Å². The number of carbonyl (C=O) groups excluding carboxylic acids is 1. The Morgan fingerprint density at radius 3 is 2.59 bits per heavy atom. The molecule has 1 unspecified atom stereocenters. The maximum atomic E-state index is 11.7. The molecule has 4 heteroatoms. The van der Waals surface area contributed by atoms with Gasteiger partial charge in [-0.15, -0.1) is 0 Å². The monoisotopic (exact) mass is 241 g/mol. The van der Waals surface area contributed by atoms with Crippen molar-refractivity contribution in [2.45, 2.75) is 58.0 Å². The molecule has 0 aliphatic carbocycles. The molecule has 1 aliphatic rings. The van der Waals surface area contributed by atoms with E-state index in [0.717, 1.165) is 19.4 Å². The SMILES string of the molecule is CCC[C@@H](N)C(=O)NC(C)CN1CCCCC1. The fourth-order valence-electron chi connectivity index (χ4n) is 2.37. The van der Waals surface area contributed by atoms with Crippen LogP contribution in [0.15, 0.2) is 0 Å². The molecule has 1 heterocycles. The third-order valence-corrected chi connectivity index (χ3v) is 3.31. The van der Waals surface area contributed by atoms with Crippen LogP contribution in [0.3, 0.4) is 0 Å². The van der Waals surface area contributed by atoms with E-state index in [4.69, 9.17) is 5.73 Å². The fraction of sp³-hybridized carbons (Fsp3) is 0.923. The second-order valence-corrected chi connectivity index (χ2v) is 5.17. The summed E-state index contributed by atoms with van der Waals surface area (Å²) in [5.41, 5.74) is 5.78. The number of piperidine rings is 1. The predicted molar refractivity (Wildman–Crippen MR) is 70.8 cm³/mol. The number of hydrogen-bond acceptors (Lipinski definition) is 3. The normalized spacial score (nSPS) is 20.9. The molecule has 0 aromatic rings. The summed E-state index contributed by atoms with van der Waals surface area (Å²) >= 11 is 0. The van der Waals surface area contributed by atoms with E-state index in [1.54, 1.807) is 0 Å². The summed E-state index contributed by atoms with van der Waals surface area (Å²) in [7, 11) is 0. The number of nitrogens with one attached hydrogen (secondary N) is 1. The summed E-state index contributed by atoms with van der Waals surface area (Å²) < 4.78 is 0. The van der Waals surface area contributed by atoms with E-state index in [9.17, 15) is 4.79 Å². The van der Waals surface area contributed by atoms with Crippen molar-refractivity contribution in [2.75, 3.05) is 19.6 Å². The Morgan fingerprint density at radius 1 is 1.35 bits per heavy atom. The van der Waals surface area contributed by atoms with E-state index in [2.05, 4.69) is 17.1 Å². The molecule has 0 radical (unpaired) electrons. The first-order valence-electron chi connectivity index (χ1n) is 6.91. The minimum atomic E-state index is -0.344. The maximum absolute atomic E-state index is 11.7. The largest absolute Gasteiger partial charge is 0.351 e. The molecule has 1 saturated heterocycles. The van der Waals surface area contributed by atoms with E-state index in [1.807, 2.05) is 6.92 Å². The average Bonchev–Trinajstić information content (AvgIpc) is 2.30. The zero-order valence-corrected chi connectivity index (χ0v) is 11.2. The van der Waals surface area contributed by atoms with Gasteiger partial charge in [-0.2, -0.15) is 0 Å². The summed E-state index contributed by atoms with van der Waals surface area (Å²) in [6, 6.07) is -0.146. The molecule has 4 nitrogen and oxygen atoms in total. The van der Waals surface area contributed by atoms with Gasteiger partial charge < -0.3 is 16.0 Å². The van der Waals surface area contributed by atoms with Crippen molar-refractivity contribution in [3.63, 3.8) is 0 Å². The molecule has 1 aliphatic heterocycles. The molecule has 100 valence electrons. The Morgan fingerprint density at radius 2 is 2.00 bits per heavy atom. The van der Waals surface area contributed by atoms with Gasteiger partial charge in [0.15, 0.2) is 0 Å². The number of rotatable bonds is 6. The first-order valence-corrected chi connectivity index (χ1v) is 6.91. The number of nitrogens with two attached hydrogens (primary N) is 1. The van der Waals surface area contributed by atoms with Crippen molar-refractivity contribution in [1.82, 2.24) is 10.2 Å². The van der Waals surface area contributed by atoms with E-state index in [0.29, 0.717) is 0 Å². The summed E-state index contributed by atoms with van der Waals surface area (Å²) in [5.74, 6) is -0.00337. The van der Waals surface area contributed by atoms with Gasteiger partial charge in [-0.25, -0.2) is 0 Å². The highest BCUT2D eigenvalue weighted by Gasteiger charge is 2.17. The molecule has 0 aromatic carbocycles. The quantitative estimate of drug-likeness (QED) is 0.732. The lowest BCUT2D eigenvalue weighted by Gasteiger charge is -2.29. The van der Waals surface area contributed by atoms with Crippen LogP contribution in [0.1, 0.15) is 46.0 Å². The number of carbonyl (C=O) groups is 1. The van der Waals surface area contributed by atoms with Gasteiger partial charge in [0.05, 0.1) is 6.04 Å². The number of likely N-dealkylation sites (tertiary alicyclic amines) is 1. The van der Waals surface area contributed by atoms with Crippen LogP contribution in [0.4, 0.5) is 0 Å². The molecule has 1 fully saturated rings. The van der Waals surface area contributed by atoms with Gasteiger partial charge in [0.1, 0.15) is 0 Å². The Balaban J connectivity index is 2.23. The molecule has 0 aromatic heterocycles. The van der Waals surface area contributed by atoms with Crippen molar-refractivity contribution in [3.05, 3.63) is 0 Å². The highest BCUT2D eigenvalue weighted by Crippen LogP contribution is 2.08. The Kier molecular flexibility index (Phi) is 6.52. The first kappa shape index (κ1) is 14.5. The van der Waals surface area contributed by atoms with Crippen molar-refractivity contribution in [2.24, 2.45) is 5.73 Å². The van der Waals surface area contributed by atoms with Crippen LogP contribution in [0.2, 0.25) is 0 Å². The summed E-state index contributed by atoms with van der Waals surface area (Å²) in [6.07, 6.45) is 5.64. The lowest BCUT2D eigenvalue weighted by molar-refractivity contribution is -0.123. The van der Waals surface area contributed by atoms with Crippen LogP contribution >= 0.6 is 0 Å². The minimum Gasteiger partial charge on any atom is -0.351 e. The molecule has 0 saturated carbocycles. The van der Waals surface area contributed by atoms with E-state index in [-0.39, 0.29) is 18.0 Å². The second-order valence-electron chi connectivity index (χ2n) is 5.17. The third kappa shape index (κ3) is 5.50. The number of nitrogens with zero attached hydrogens (tertiary/aromatic N) is 1. The summed E-state index contributed by atoms with van der Waals surface area (Å²) in [5, 5.41) is 3.01. The molecule has 1 amide bonds. The minimum absolute atomic E-state index is 0.00337. The average molecular weight is 241 g/mol. The lowest BCUT2D eigenvalue weighted by atomic mass is 10.1. The van der Waals surface area contributed by atoms with E-state index < -0.39 is 0 Å². The van der Waals surface area contributed by atoms with Gasteiger partial charge in [-0.3, -0.25) is 4.79 Å². The van der Waals surface area contributed by atoms with Crippen molar-refractivity contribution < 1.29 is 4.79 Å². The molecule has 0 bridgehead atoms. The van der Waals surface area contributed by atoms with Gasteiger partial charge in [-0.1, -0.05) is 19.8 Å². The second kappa shape index (κ2) is 7.67. The molecular weight excluding hydrogens is 214 g/mol. The van der Waals surface area contributed by atoms with Crippen molar-refractivity contribution in [1.29, 1.82) is 0 Å². The van der Waals surface area contributed by atoms with Gasteiger partial charge >= 0.3 is 0 Å². The molecule has 3 N–H and O–H groups in total. The first-order chi connectivity index (χ1) is 8.13. The molecule has 17 heavy (non-hydrogen) atoms. The van der Waals surface area contributed by atoms with Crippen molar-refractivity contribution in [3.8, 4) is 0 Å². The number of hydrogen-bond donors (Lipinski definition) is 2. The standard InChI is InChI=1S/C13H27N3O/c1-3-7-12(14)13(17)15-11(2)10-16-8-5-4-6-9-16/h11-12H,3-10,14H2,1-2H3,(H,15,17)/t11?,12-/m1/s1. The Bertz CT molecular complexity index is 227. The van der Waals surface area contributed by atoms with E-state index in [1.165, 1.54) is 32.4 Å². The highest BCUT2D eigenvalue weighted by molar-refractivity contribution is 5.81. The molecule has 1 rings (SSSR count). The zero-order chi connectivity index (χ0) is 12.7. The topological polar surface area (TPSA) is 58.4 Å². The third-order valence-electron chi connectivity index (χ3n) is 3.31. The zero-order valence-electron chi connectivity index (χ0n) is 11.2. The van der Waals surface area contributed by atoms with Gasteiger partial charge in [0.25, 0.3) is 0 Å². The van der Waals surface area contributed by atoms with Crippen LogP contribution < -0.4 is 11.1 Å². The van der Waals surface area contributed by atoms with Gasteiger partial charge in [0.2, 0.25) is 5.91 Å². The summed E-state index contributed by atoms with van der Waals surface area (Å²) in [6.45, 7) is 7.39. The maximum Gasteiger partial charge on any atom is 0.237 e. The van der Waals surface area contributed by atoms with Crippen LogP contribution in [0.25, 0.3) is 0 Å². The predicted octanol–water partition coefficient (Wildman–Crippen LogP) is 1.10. The van der Waals surface area contributed by atoms with Gasteiger partial charge in [-0.05, 0) is 39.3 Å². The van der Waals surface area contributed by atoms with Crippen LogP contribution in [-0.2, 0) is 4.79 Å².